The zero-order valence-corrected chi connectivity index (χ0v) is 17.4. The first-order valence-electron chi connectivity index (χ1n) is 8.31. The number of amides is 1. The van der Waals surface area contributed by atoms with Crippen LogP contribution in [0.2, 0.25) is 0 Å². The number of nitrogens with two attached hydrogens (primary N) is 1. The molecule has 0 spiro atoms. The predicted octanol–water partition coefficient (Wildman–Crippen LogP) is 1.37. The normalized spacial score (nSPS) is 13.3. The van der Waals surface area contributed by atoms with E-state index in [1.165, 1.54) is 24.3 Å². The summed E-state index contributed by atoms with van der Waals surface area (Å²) in [5, 5.41) is 7.77. The summed E-state index contributed by atoms with van der Waals surface area (Å²) >= 11 is 0. The van der Waals surface area contributed by atoms with E-state index in [2.05, 4.69) is 5.32 Å². The Morgan fingerprint density at radius 2 is 1.68 bits per heavy atom. The Bertz CT molecular complexity index is 1060. The van der Waals surface area contributed by atoms with Gasteiger partial charge < -0.3 is 5.32 Å². The van der Waals surface area contributed by atoms with Gasteiger partial charge in [-0.05, 0) is 49.9 Å². The van der Waals surface area contributed by atoms with E-state index < -0.39 is 19.9 Å². The molecule has 0 aliphatic rings. The molecule has 0 bridgehead atoms. The van der Waals surface area contributed by atoms with Crippen LogP contribution in [0.15, 0.2) is 58.3 Å². The number of anilines is 1. The van der Waals surface area contributed by atoms with Gasteiger partial charge in [0.15, 0.2) is 9.84 Å². The summed E-state index contributed by atoms with van der Waals surface area (Å²) < 4.78 is 45.9. The van der Waals surface area contributed by atoms with Gasteiger partial charge in [-0.2, -0.15) is 0 Å². The van der Waals surface area contributed by atoms with E-state index in [1.54, 1.807) is 36.2 Å². The quantitative estimate of drug-likeness (QED) is 0.690. The second-order valence-electron chi connectivity index (χ2n) is 6.55. The molecule has 0 aromatic heterocycles. The SMILES string of the molecule is CC(c1ccc(S(N)(=O)=O)cc1)N(C)CC(=O)Nc1cccc(S(C)(=O)=O)c1. The Hall–Kier alpha value is -2.27. The Morgan fingerprint density at radius 3 is 2.21 bits per heavy atom. The topological polar surface area (TPSA) is 127 Å². The molecule has 2 aromatic rings. The van der Waals surface area contributed by atoms with E-state index in [1.807, 2.05) is 6.92 Å². The summed E-state index contributed by atoms with van der Waals surface area (Å²) in [6.45, 7) is 1.94. The van der Waals surface area contributed by atoms with Gasteiger partial charge in [0.05, 0.1) is 16.3 Å². The molecular formula is C18H23N3O5S2. The minimum Gasteiger partial charge on any atom is -0.325 e. The third-order valence-corrected chi connectivity index (χ3v) is 6.33. The summed E-state index contributed by atoms with van der Waals surface area (Å²) in [7, 11) is -5.36. The largest absolute Gasteiger partial charge is 0.325 e. The molecule has 10 heteroatoms. The number of hydrogen-bond acceptors (Lipinski definition) is 6. The summed E-state index contributed by atoms with van der Waals surface area (Å²) in [5.41, 5.74) is 1.22. The molecule has 3 N–H and O–H groups in total. The van der Waals surface area contributed by atoms with Gasteiger partial charge in [0, 0.05) is 18.0 Å². The fourth-order valence-corrected chi connectivity index (χ4v) is 3.74. The van der Waals surface area contributed by atoms with Crippen LogP contribution in [-0.4, -0.2) is 47.5 Å². The standard InChI is InChI=1S/C18H23N3O5S2/c1-13(14-7-9-16(10-8-14)28(19,25)26)21(2)12-18(22)20-15-5-4-6-17(11-15)27(3,23)24/h4-11,13H,12H2,1-3H3,(H,20,22)(H2,19,25,26). The predicted molar refractivity (Wildman–Crippen MR) is 107 cm³/mol. The van der Waals surface area contributed by atoms with Crippen molar-refractivity contribution >= 4 is 31.5 Å². The number of nitrogens with zero attached hydrogens (tertiary/aromatic N) is 1. The Morgan fingerprint density at radius 1 is 1.07 bits per heavy atom. The smallest absolute Gasteiger partial charge is 0.238 e. The molecule has 152 valence electrons. The minimum atomic E-state index is -3.75. The zero-order valence-electron chi connectivity index (χ0n) is 15.8. The molecule has 0 aliphatic heterocycles. The van der Waals surface area contributed by atoms with E-state index in [-0.39, 0.29) is 28.3 Å². The number of primary sulfonamides is 1. The van der Waals surface area contributed by atoms with E-state index in [4.69, 9.17) is 5.14 Å². The molecule has 0 aliphatic carbocycles. The maximum atomic E-state index is 12.3. The fourth-order valence-electron chi connectivity index (χ4n) is 2.56. The molecular weight excluding hydrogens is 402 g/mol. The number of hydrogen-bond donors (Lipinski definition) is 2. The third kappa shape index (κ3) is 5.86. The van der Waals surface area contributed by atoms with E-state index in [0.717, 1.165) is 11.8 Å². The van der Waals surface area contributed by atoms with Crippen molar-refractivity contribution in [3.63, 3.8) is 0 Å². The lowest BCUT2D eigenvalue weighted by Crippen LogP contribution is -2.32. The zero-order chi connectivity index (χ0) is 21.1. The maximum Gasteiger partial charge on any atom is 0.238 e. The number of rotatable bonds is 7. The second-order valence-corrected chi connectivity index (χ2v) is 10.1. The van der Waals surface area contributed by atoms with Crippen LogP contribution in [0.25, 0.3) is 0 Å². The van der Waals surface area contributed by atoms with Crippen molar-refractivity contribution in [1.29, 1.82) is 0 Å². The number of carbonyl (C=O) groups excluding carboxylic acids is 1. The van der Waals surface area contributed by atoms with Crippen LogP contribution in [0.3, 0.4) is 0 Å². The molecule has 28 heavy (non-hydrogen) atoms. The van der Waals surface area contributed by atoms with Gasteiger partial charge in [-0.25, -0.2) is 22.0 Å². The van der Waals surface area contributed by atoms with Gasteiger partial charge in [0.1, 0.15) is 0 Å². The van der Waals surface area contributed by atoms with Crippen molar-refractivity contribution in [1.82, 2.24) is 4.90 Å². The lowest BCUT2D eigenvalue weighted by atomic mass is 10.1. The van der Waals surface area contributed by atoms with Crippen molar-refractivity contribution < 1.29 is 21.6 Å². The maximum absolute atomic E-state index is 12.3. The van der Waals surface area contributed by atoms with Crippen LogP contribution < -0.4 is 10.5 Å². The van der Waals surface area contributed by atoms with Gasteiger partial charge >= 0.3 is 0 Å². The summed E-state index contributed by atoms with van der Waals surface area (Å²) in [6.07, 6.45) is 1.10. The number of sulfone groups is 1. The molecule has 0 heterocycles. The van der Waals surface area contributed by atoms with Crippen LogP contribution in [0.1, 0.15) is 18.5 Å². The number of likely N-dealkylation sites (N-methyl/N-ethyl adjacent to an activating group) is 1. The highest BCUT2D eigenvalue weighted by atomic mass is 32.2. The number of benzene rings is 2. The van der Waals surface area contributed by atoms with Crippen LogP contribution in [0.5, 0.6) is 0 Å². The highest BCUT2D eigenvalue weighted by Crippen LogP contribution is 2.21. The molecule has 2 rings (SSSR count). The molecule has 0 fully saturated rings. The summed E-state index contributed by atoms with van der Waals surface area (Å²) in [6, 6.07) is 12.0. The molecule has 0 saturated heterocycles. The molecule has 0 saturated carbocycles. The highest BCUT2D eigenvalue weighted by molar-refractivity contribution is 7.90. The lowest BCUT2D eigenvalue weighted by molar-refractivity contribution is -0.117. The van der Waals surface area contributed by atoms with Crippen LogP contribution in [0, 0.1) is 0 Å². The summed E-state index contributed by atoms with van der Waals surface area (Å²) in [4.78, 5) is 14.2. The monoisotopic (exact) mass is 425 g/mol. The Kier molecular flexibility index (Phi) is 6.60. The fraction of sp³-hybridized carbons (Fsp3) is 0.278. The molecule has 1 atom stereocenters. The first kappa shape index (κ1) is 22.0. The van der Waals surface area contributed by atoms with Crippen molar-refractivity contribution in [2.24, 2.45) is 5.14 Å². The highest BCUT2D eigenvalue weighted by Gasteiger charge is 2.17. The molecule has 1 amide bonds. The molecule has 0 radical (unpaired) electrons. The van der Waals surface area contributed by atoms with Crippen LogP contribution in [0.4, 0.5) is 5.69 Å². The van der Waals surface area contributed by atoms with E-state index in [9.17, 15) is 21.6 Å². The minimum absolute atomic E-state index is 0.0228. The van der Waals surface area contributed by atoms with Crippen LogP contribution >= 0.6 is 0 Å². The molecule has 2 aromatic carbocycles. The van der Waals surface area contributed by atoms with Crippen LogP contribution in [-0.2, 0) is 24.7 Å². The first-order valence-corrected chi connectivity index (χ1v) is 11.7. The number of carbonyl (C=O) groups is 1. The van der Waals surface area contributed by atoms with Crippen molar-refractivity contribution in [3.05, 3.63) is 54.1 Å². The van der Waals surface area contributed by atoms with Gasteiger partial charge in [-0.15, -0.1) is 0 Å². The Labute approximate surface area is 165 Å². The molecule has 1 unspecified atom stereocenters. The first-order chi connectivity index (χ1) is 12.9. The summed E-state index contributed by atoms with van der Waals surface area (Å²) in [5.74, 6) is -0.304. The van der Waals surface area contributed by atoms with Crippen molar-refractivity contribution in [2.45, 2.75) is 22.8 Å². The number of sulfonamides is 1. The van der Waals surface area contributed by atoms with E-state index >= 15 is 0 Å². The molecule has 8 nitrogen and oxygen atoms in total. The van der Waals surface area contributed by atoms with Crippen molar-refractivity contribution in [2.75, 3.05) is 25.2 Å². The number of nitrogens with one attached hydrogen (secondary N) is 1. The average Bonchev–Trinajstić information content (AvgIpc) is 2.59. The van der Waals surface area contributed by atoms with Gasteiger partial charge in [0.2, 0.25) is 15.9 Å². The van der Waals surface area contributed by atoms with Gasteiger partial charge in [-0.3, -0.25) is 9.69 Å². The third-order valence-electron chi connectivity index (χ3n) is 4.29. The van der Waals surface area contributed by atoms with Gasteiger partial charge in [0.25, 0.3) is 0 Å². The second kappa shape index (κ2) is 8.39. The average molecular weight is 426 g/mol. The lowest BCUT2D eigenvalue weighted by Gasteiger charge is -2.24. The Balaban J connectivity index is 2.04. The van der Waals surface area contributed by atoms with Gasteiger partial charge in [-0.1, -0.05) is 18.2 Å². The van der Waals surface area contributed by atoms with Crippen molar-refractivity contribution in [3.8, 4) is 0 Å². The van der Waals surface area contributed by atoms with E-state index in [0.29, 0.717) is 5.69 Å².